The number of hydrogen-bond acceptors (Lipinski definition) is 4. The number of carbonyl (C=O) groups excluding carboxylic acids is 1. The molecule has 8 heteroatoms. The third-order valence-electron chi connectivity index (χ3n) is 6.32. The first-order chi connectivity index (χ1) is 14.4. The molecule has 0 saturated carbocycles. The zero-order valence-corrected chi connectivity index (χ0v) is 20.3. The molecule has 1 aromatic rings. The normalized spacial score (nSPS) is 28.0. The van der Waals surface area contributed by atoms with Gasteiger partial charge in [-0.2, -0.15) is 5.10 Å². The Morgan fingerprint density at radius 2 is 2.13 bits per heavy atom. The molecule has 0 radical (unpaired) electrons. The predicted molar refractivity (Wildman–Crippen MR) is 125 cm³/mol. The van der Waals surface area contributed by atoms with Gasteiger partial charge in [0.1, 0.15) is 23.3 Å². The first-order valence-corrected chi connectivity index (χ1v) is 11.8. The predicted octanol–water partition coefficient (Wildman–Crippen LogP) is 4.20. The van der Waals surface area contributed by atoms with Gasteiger partial charge in [-0.1, -0.05) is 6.08 Å². The molecular formula is C22H27ClIN3O3. The van der Waals surface area contributed by atoms with E-state index in [-0.39, 0.29) is 29.3 Å². The van der Waals surface area contributed by atoms with Crippen LogP contribution in [0.25, 0.3) is 5.76 Å². The Morgan fingerprint density at radius 3 is 2.83 bits per heavy atom. The van der Waals surface area contributed by atoms with Gasteiger partial charge in [-0.05, 0) is 61.1 Å². The summed E-state index contributed by atoms with van der Waals surface area (Å²) in [6.07, 6.45) is 11.3. The molecule has 0 N–H and O–H groups in total. The molecule has 0 aromatic carbocycles. The fraction of sp³-hybridized carbons (Fsp3) is 0.545. The van der Waals surface area contributed by atoms with Crippen LogP contribution >= 0.6 is 34.2 Å². The van der Waals surface area contributed by atoms with Crippen LogP contribution in [-0.4, -0.2) is 51.8 Å². The fourth-order valence-corrected chi connectivity index (χ4v) is 5.34. The lowest BCUT2D eigenvalue weighted by Crippen LogP contribution is -2.40. The van der Waals surface area contributed by atoms with E-state index in [1.807, 2.05) is 34.9 Å². The molecule has 1 aliphatic carbocycles. The maximum absolute atomic E-state index is 12.8. The lowest BCUT2D eigenvalue weighted by atomic mass is 9.92. The lowest BCUT2D eigenvalue weighted by molar-refractivity contribution is -0.130. The minimum absolute atomic E-state index is 0.0968. The molecule has 6 nitrogen and oxygen atoms in total. The highest BCUT2D eigenvalue weighted by Crippen LogP contribution is 2.34. The van der Waals surface area contributed by atoms with Crippen LogP contribution in [0.5, 0.6) is 0 Å². The molecule has 0 spiro atoms. The summed E-state index contributed by atoms with van der Waals surface area (Å²) in [4.78, 5) is 14.8. The molecule has 4 rings (SSSR count). The van der Waals surface area contributed by atoms with Crippen LogP contribution < -0.4 is 0 Å². The standard InChI is InChI=1S/C22H27ClIN3O3/c1-13(15-4-6-18(29-3)7-5-15)26-11-16(8-21(26)28)14(2)30-20-9-17(23)12-27-22(20)19(24)10-25-27/h4,6-7,9-10,13-17H,5,8,11-12H2,1-3H3/t13?,14?,15?,16-,17?/m1/s1. The third-order valence-corrected chi connectivity index (χ3v) is 7.37. The third kappa shape index (κ3) is 4.28. The maximum Gasteiger partial charge on any atom is 0.223 e. The van der Waals surface area contributed by atoms with Gasteiger partial charge in [0, 0.05) is 30.8 Å². The number of aromatic nitrogens is 2. The second kappa shape index (κ2) is 8.94. The van der Waals surface area contributed by atoms with Gasteiger partial charge in [-0.25, -0.2) is 0 Å². The monoisotopic (exact) mass is 543 g/mol. The molecule has 162 valence electrons. The summed E-state index contributed by atoms with van der Waals surface area (Å²) in [5.41, 5.74) is 0.974. The highest BCUT2D eigenvalue weighted by Gasteiger charge is 2.39. The molecule has 1 saturated heterocycles. The lowest BCUT2D eigenvalue weighted by Gasteiger charge is -2.32. The van der Waals surface area contributed by atoms with E-state index in [2.05, 4.69) is 46.8 Å². The highest BCUT2D eigenvalue weighted by molar-refractivity contribution is 14.1. The average Bonchev–Trinajstić information content (AvgIpc) is 3.30. The van der Waals surface area contributed by atoms with Crippen molar-refractivity contribution in [1.29, 1.82) is 0 Å². The van der Waals surface area contributed by atoms with Gasteiger partial charge >= 0.3 is 0 Å². The summed E-state index contributed by atoms with van der Waals surface area (Å²) in [7, 11) is 1.68. The number of ether oxygens (including phenoxy) is 2. The quantitative estimate of drug-likeness (QED) is 0.399. The number of rotatable bonds is 6. The van der Waals surface area contributed by atoms with Crippen molar-refractivity contribution in [3.05, 3.63) is 45.5 Å². The van der Waals surface area contributed by atoms with E-state index in [0.717, 1.165) is 27.2 Å². The van der Waals surface area contributed by atoms with Gasteiger partial charge < -0.3 is 14.4 Å². The Kier molecular flexibility index (Phi) is 6.48. The fourth-order valence-electron chi connectivity index (χ4n) is 4.42. The van der Waals surface area contributed by atoms with Gasteiger partial charge in [-0.3, -0.25) is 9.48 Å². The number of hydrogen-bond donors (Lipinski definition) is 0. The molecule has 1 aromatic heterocycles. The SMILES string of the molecule is COC1=CCC(C(C)N2C[C@H](C(C)OC3=CC(Cl)Cn4ncc(I)c43)CC2=O)C=C1. The number of likely N-dealkylation sites (tertiary alicyclic amines) is 1. The Balaban J connectivity index is 1.41. The molecular weight excluding hydrogens is 517 g/mol. The Morgan fingerprint density at radius 1 is 1.33 bits per heavy atom. The van der Waals surface area contributed by atoms with Crippen molar-refractivity contribution in [2.75, 3.05) is 13.7 Å². The van der Waals surface area contributed by atoms with Crippen molar-refractivity contribution >= 4 is 45.9 Å². The summed E-state index contributed by atoms with van der Waals surface area (Å²) in [6.45, 7) is 5.53. The summed E-state index contributed by atoms with van der Waals surface area (Å²) in [5.74, 6) is 2.30. The zero-order chi connectivity index (χ0) is 21.4. The van der Waals surface area contributed by atoms with Crippen molar-refractivity contribution in [3.8, 4) is 0 Å². The number of allylic oxidation sites excluding steroid dienone is 3. The number of methoxy groups -OCH3 is 1. The highest BCUT2D eigenvalue weighted by atomic mass is 127. The number of carbonyl (C=O) groups is 1. The summed E-state index contributed by atoms with van der Waals surface area (Å²) in [5, 5.41) is 4.24. The van der Waals surface area contributed by atoms with Crippen LogP contribution in [0.1, 0.15) is 32.4 Å². The van der Waals surface area contributed by atoms with Gasteiger partial charge in [0.25, 0.3) is 0 Å². The van der Waals surface area contributed by atoms with E-state index in [4.69, 9.17) is 21.1 Å². The molecule has 3 heterocycles. The number of amides is 1. The second-order valence-electron chi connectivity index (χ2n) is 8.21. The van der Waals surface area contributed by atoms with Crippen LogP contribution in [0.15, 0.2) is 36.3 Å². The van der Waals surface area contributed by atoms with E-state index < -0.39 is 0 Å². The first-order valence-electron chi connectivity index (χ1n) is 10.3. The van der Waals surface area contributed by atoms with E-state index in [9.17, 15) is 4.79 Å². The van der Waals surface area contributed by atoms with Gasteiger partial charge in [0.15, 0.2) is 0 Å². The molecule has 3 aliphatic rings. The minimum atomic E-state index is -0.153. The Hall–Kier alpha value is -1.48. The average molecular weight is 544 g/mol. The second-order valence-corrected chi connectivity index (χ2v) is 9.94. The van der Waals surface area contributed by atoms with Crippen LogP contribution in [0.3, 0.4) is 0 Å². The van der Waals surface area contributed by atoms with E-state index in [1.54, 1.807) is 7.11 Å². The van der Waals surface area contributed by atoms with Crippen LogP contribution in [-0.2, 0) is 20.8 Å². The number of alkyl halides is 1. The number of fused-ring (bicyclic) bond motifs is 1. The van der Waals surface area contributed by atoms with Crippen molar-refractivity contribution in [3.63, 3.8) is 0 Å². The topological polar surface area (TPSA) is 56.6 Å². The molecule has 4 unspecified atom stereocenters. The smallest absolute Gasteiger partial charge is 0.223 e. The zero-order valence-electron chi connectivity index (χ0n) is 17.4. The van der Waals surface area contributed by atoms with E-state index in [1.165, 1.54) is 0 Å². The summed E-state index contributed by atoms with van der Waals surface area (Å²) < 4.78 is 14.6. The Bertz CT molecular complexity index is 909. The van der Waals surface area contributed by atoms with Gasteiger partial charge in [0.05, 0.1) is 28.8 Å². The van der Waals surface area contributed by atoms with Crippen LogP contribution in [0.2, 0.25) is 0 Å². The molecule has 0 bridgehead atoms. The molecule has 1 amide bonds. The number of halogens is 2. The number of nitrogens with zero attached hydrogens (tertiary/aromatic N) is 3. The van der Waals surface area contributed by atoms with E-state index in [0.29, 0.717) is 25.4 Å². The summed E-state index contributed by atoms with van der Waals surface area (Å²) in [6, 6.07) is 0.143. The molecule has 1 fully saturated rings. The van der Waals surface area contributed by atoms with E-state index >= 15 is 0 Å². The molecule has 30 heavy (non-hydrogen) atoms. The van der Waals surface area contributed by atoms with Crippen molar-refractivity contribution in [2.24, 2.45) is 11.8 Å². The van der Waals surface area contributed by atoms with Crippen molar-refractivity contribution in [1.82, 2.24) is 14.7 Å². The van der Waals surface area contributed by atoms with Crippen molar-refractivity contribution < 1.29 is 14.3 Å². The van der Waals surface area contributed by atoms with Crippen molar-refractivity contribution in [2.45, 2.75) is 50.8 Å². The largest absolute Gasteiger partial charge is 0.497 e. The van der Waals surface area contributed by atoms with Crippen LogP contribution in [0.4, 0.5) is 0 Å². The van der Waals surface area contributed by atoms with Gasteiger partial charge in [-0.15, -0.1) is 11.6 Å². The minimum Gasteiger partial charge on any atom is -0.497 e. The summed E-state index contributed by atoms with van der Waals surface area (Å²) >= 11 is 8.65. The first kappa shape index (κ1) is 21.7. The molecule has 2 aliphatic heterocycles. The van der Waals surface area contributed by atoms with Gasteiger partial charge in [0.2, 0.25) is 5.91 Å². The maximum atomic E-state index is 12.8. The van der Waals surface area contributed by atoms with Crippen LogP contribution in [0, 0.1) is 15.4 Å². The molecule has 5 atom stereocenters. The Labute approximate surface area is 196 Å².